The van der Waals surface area contributed by atoms with Crippen molar-refractivity contribution in [3.05, 3.63) is 41.7 Å². The lowest BCUT2D eigenvalue weighted by molar-refractivity contribution is 0.830. The molecule has 2 N–H and O–H groups in total. The minimum atomic E-state index is 0.464. The Morgan fingerprint density at radius 3 is 2.64 bits per heavy atom. The van der Waals surface area contributed by atoms with Crippen molar-refractivity contribution in [1.29, 1.82) is 0 Å². The molecule has 22 heavy (non-hydrogen) atoms. The first-order chi connectivity index (χ1) is 10.6. The van der Waals surface area contributed by atoms with Gasteiger partial charge in [-0.05, 0) is 30.4 Å². The fraction of sp³-hybridized carbons (Fsp3) is 0.444. The minimum Gasteiger partial charge on any atom is -0.370 e. The van der Waals surface area contributed by atoms with Crippen molar-refractivity contribution in [3.8, 4) is 0 Å². The summed E-state index contributed by atoms with van der Waals surface area (Å²) in [5.74, 6) is 2.15. The van der Waals surface area contributed by atoms with Crippen LogP contribution in [-0.2, 0) is 0 Å². The molecule has 0 atom stereocenters. The number of unbranched alkanes of at least 4 members (excludes halogenated alkanes) is 1. The van der Waals surface area contributed by atoms with Crippen molar-refractivity contribution in [2.75, 3.05) is 17.2 Å². The summed E-state index contributed by atoms with van der Waals surface area (Å²) in [6, 6.07) is 8.36. The Hall–Kier alpha value is -2.10. The van der Waals surface area contributed by atoms with Crippen LogP contribution in [0.1, 0.15) is 50.7 Å². The number of benzene rings is 1. The largest absolute Gasteiger partial charge is 0.370 e. The number of hydrogen-bond acceptors (Lipinski definition) is 4. The van der Waals surface area contributed by atoms with Gasteiger partial charge in [0.05, 0.1) is 0 Å². The summed E-state index contributed by atoms with van der Waals surface area (Å²) in [7, 11) is 0. The van der Waals surface area contributed by atoms with Gasteiger partial charge in [0.15, 0.2) is 0 Å². The van der Waals surface area contributed by atoms with Crippen molar-refractivity contribution in [2.45, 2.75) is 46.5 Å². The molecule has 4 nitrogen and oxygen atoms in total. The van der Waals surface area contributed by atoms with Crippen LogP contribution in [0.5, 0.6) is 0 Å². The van der Waals surface area contributed by atoms with Crippen LogP contribution in [0.25, 0.3) is 0 Å². The first kappa shape index (κ1) is 16.3. The molecule has 0 saturated heterocycles. The zero-order valence-corrected chi connectivity index (χ0v) is 14.0. The van der Waals surface area contributed by atoms with E-state index in [1.54, 1.807) is 6.33 Å². The molecule has 4 heteroatoms. The first-order valence-corrected chi connectivity index (χ1v) is 8.04. The summed E-state index contributed by atoms with van der Waals surface area (Å²) in [5.41, 5.74) is 3.68. The zero-order chi connectivity index (χ0) is 15.9. The van der Waals surface area contributed by atoms with Crippen molar-refractivity contribution >= 4 is 17.3 Å². The SMILES string of the molecule is CCCCNc1cc(Nc2c(C)cccc2C(C)C)ncn1. The van der Waals surface area contributed by atoms with E-state index < -0.39 is 0 Å². The molecule has 0 fully saturated rings. The second kappa shape index (κ2) is 7.78. The zero-order valence-electron chi connectivity index (χ0n) is 14.0. The molecular weight excluding hydrogens is 272 g/mol. The fourth-order valence-electron chi connectivity index (χ4n) is 2.39. The van der Waals surface area contributed by atoms with Crippen LogP contribution in [0.4, 0.5) is 17.3 Å². The Morgan fingerprint density at radius 2 is 1.91 bits per heavy atom. The third-order valence-electron chi connectivity index (χ3n) is 3.68. The van der Waals surface area contributed by atoms with Crippen LogP contribution in [0.3, 0.4) is 0 Å². The van der Waals surface area contributed by atoms with Gasteiger partial charge in [-0.1, -0.05) is 45.4 Å². The molecule has 0 amide bonds. The van der Waals surface area contributed by atoms with E-state index in [9.17, 15) is 0 Å². The third-order valence-corrected chi connectivity index (χ3v) is 3.68. The molecule has 2 rings (SSSR count). The molecule has 2 aromatic rings. The van der Waals surface area contributed by atoms with Gasteiger partial charge in [0.25, 0.3) is 0 Å². The summed E-state index contributed by atoms with van der Waals surface area (Å²) in [4.78, 5) is 8.61. The molecule has 0 radical (unpaired) electrons. The van der Waals surface area contributed by atoms with Crippen molar-refractivity contribution in [1.82, 2.24) is 9.97 Å². The number of anilines is 3. The van der Waals surface area contributed by atoms with E-state index in [0.717, 1.165) is 30.3 Å². The second-order valence-corrected chi connectivity index (χ2v) is 5.89. The summed E-state index contributed by atoms with van der Waals surface area (Å²) >= 11 is 0. The number of para-hydroxylation sites is 1. The molecule has 0 aliphatic rings. The van der Waals surface area contributed by atoms with E-state index in [-0.39, 0.29) is 0 Å². The molecule has 0 bridgehead atoms. The van der Waals surface area contributed by atoms with Gasteiger partial charge in [0.1, 0.15) is 18.0 Å². The van der Waals surface area contributed by atoms with Gasteiger partial charge >= 0.3 is 0 Å². The molecule has 118 valence electrons. The van der Waals surface area contributed by atoms with Gasteiger partial charge in [-0.15, -0.1) is 0 Å². The van der Waals surface area contributed by atoms with Crippen molar-refractivity contribution < 1.29 is 0 Å². The summed E-state index contributed by atoms with van der Waals surface area (Å²) < 4.78 is 0. The first-order valence-electron chi connectivity index (χ1n) is 8.04. The lowest BCUT2D eigenvalue weighted by Crippen LogP contribution is -2.05. The molecule has 0 unspecified atom stereocenters. The third kappa shape index (κ3) is 4.20. The van der Waals surface area contributed by atoms with Gasteiger partial charge in [-0.25, -0.2) is 9.97 Å². The molecule has 0 aliphatic carbocycles. The predicted molar refractivity (Wildman–Crippen MR) is 94.0 cm³/mol. The van der Waals surface area contributed by atoms with Crippen LogP contribution < -0.4 is 10.6 Å². The second-order valence-electron chi connectivity index (χ2n) is 5.89. The number of aromatic nitrogens is 2. The highest BCUT2D eigenvalue weighted by Gasteiger charge is 2.10. The summed E-state index contributed by atoms with van der Waals surface area (Å²) in [6.45, 7) is 9.65. The molecule has 1 heterocycles. The maximum Gasteiger partial charge on any atom is 0.135 e. The Labute approximate surface area is 133 Å². The normalized spacial score (nSPS) is 10.8. The molecular formula is C18H26N4. The predicted octanol–water partition coefficient (Wildman–Crippen LogP) is 4.86. The average Bonchev–Trinajstić information content (AvgIpc) is 2.50. The molecule has 0 spiro atoms. The highest BCUT2D eigenvalue weighted by molar-refractivity contribution is 5.66. The standard InChI is InChI=1S/C18H26N4/c1-5-6-10-19-16-11-17(21-12-20-16)22-18-14(4)8-7-9-15(18)13(2)3/h7-9,11-13H,5-6,10H2,1-4H3,(H2,19,20,21,22). The Balaban J connectivity index is 2.19. The topological polar surface area (TPSA) is 49.8 Å². The van der Waals surface area contributed by atoms with Crippen LogP contribution in [0.15, 0.2) is 30.6 Å². The number of nitrogens with one attached hydrogen (secondary N) is 2. The van der Waals surface area contributed by atoms with Gasteiger partial charge in [-0.2, -0.15) is 0 Å². The van der Waals surface area contributed by atoms with Gasteiger partial charge in [0, 0.05) is 18.3 Å². The smallest absolute Gasteiger partial charge is 0.135 e. The van der Waals surface area contributed by atoms with Crippen molar-refractivity contribution in [3.63, 3.8) is 0 Å². The highest BCUT2D eigenvalue weighted by atomic mass is 15.1. The number of rotatable bonds is 7. The molecule has 1 aromatic heterocycles. The molecule has 0 saturated carbocycles. The monoisotopic (exact) mass is 298 g/mol. The van der Waals surface area contributed by atoms with Crippen molar-refractivity contribution in [2.24, 2.45) is 0 Å². The molecule has 0 aliphatic heterocycles. The van der Waals surface area contributed by atoms with Gasteiger partial charge in [0.2, 0.25) is 0 Å². The Kier molecular flexibility index (Phi) is 5.75. The van der Waals surface area contributed by atoms with Gasteiger partial charge in [-0.3, -0.25) is 0 Å². The maximum absolute atomic E-state index is 4.34. The Morgan fingerprint density at radius 1 is 1.14 bits per heavy atom. The quantitative estimate of drug-likeness (QED) is 0.716. The van der Waals surface area contributed by atoms with E-state index in [4.69, 9.17) is 0 Å². The lowest BCUT2D eigenvalue weighted by atomic mass is 9.98. The molecule has 1 aromatic carbocycles. The van der Waals surface area contributed by atoms with Crippen LogP contribution in [0.2, 0.25) is 0 Å². The lowest BCUT2D eigenvalue weighted by Gasteiger charge is -2.17. The van der Waals surface area contributed by atoms with Crippen LogP contribution in [-0.4, -0.2) is 16.5 Å². The van der Waals surface area contributed by atoms with Crippen LogP contribution in [0, 0.1) is 6.92 Å². The van der Waals surface area contributed by atoms with E-state index in [1.165, 1.54) is 17.5 Å². The average molecular weight is 298 g/mol. The summed E-state index contributed by atoms with van der Waals surface area (Å²) in [5, 5.41) is 6.79. The van der Waals surface area contributed by atoms with E-state index >= 15 is 0 Å². The Bertz CT molecular complexity index is 608. The number of hydrogen-bond donors (Lipinski definition) is 2. The minimum absolute atomic E-state index is 0.464. The number of aryl methyl sites for hydroxylation is 1. The number of nitrogens with zero attached hydrogens (tertiary/aromatic N) is 2. The highest BCUT2D eigenvalue weighted by Crippen LogP contribution is 2.29. The van der Waals surface area contributed by atoms with Crippen LogP contribution >= 0.6 is 0 Å². The van der Waals surface area contributed by atoms with E-state index in [1.807, 2.05) is 6.07 Å². The van der Waals surface area contributed by atoms with Gasteiger partial charge < -0.3 is 10.6 Å². The summed E-state index contributed by atoms with van der Waals surface area (Å²) in [6.07, 6.45) is 3.91. The van der Waals surface area contributed by atoms with E-state index in [0.29, 0.717) is 5.92 Å². The maximum atomic E-state index is 4.34. The fourth-order valence-corrected chi connectivity index (χ4v) is 2.39. The van der Waals surface area contributed by atoms with E-state index in [2.05, 4.69) is 66.5 Å².